The molecule has 0 unspecified atom stereocenters. The summed E-state index contributed by atoms with van der Waals surface area (Å²) >= 11 is 1.86. The number of hydrogen-bond donors (Lipinski definition) is 1. The van der Waals surface area contributed by atoms with Gasteiger partial charge in [-0.15, -0.1) is 11.3 Å². The van der Waals surface area contributed by atoms with Crippen molar-refractivity contribution >= 4 is 11.3 Å². The molecule has 108 valence electrons. The van der Waals surface area contributed by atoms with Gasteiger partial charge in [-0.3, -0.25) is 0 Å². The molecule has 19 heavy (non-hydrogen) atoms. The van der Waals surface area contributed by atoms with E-state index < -0.39 is 0 Å². The Kier molecular flexibility index (Phi) is 5.02. The van der Waals surface area contributed by atoms with E-state index in [1.807, 2.05) is 11.3 Å². The molecule has 0 atom stereocenters. The van der Waals surface area contributed by atoms with E-state index in [1.165, 1.54) is 42.8 Å². The summed E-state index contributed by atoms with van der Waals surface area (Å²) in [6.45, 7) is 10.0. The van der Waals surface area contributed by atoms with Crippen LogP contribution in [0.25, 0.3) is 0 Å². The van der Waals surface area contributed by atoms with Crippen molar-refractivity contribution in [2.45, 2.75) is 71.3 Å². The summed E-state index contributed by atoms with van der Waals surface area (Å²) < 4.78 is 0. The van der Waals surface area contributed by atoms with E-state index in [1.54, 1.807) is 0 Å². The molecule has 1 N–H and O–H groups in total. The third-order valence-corrected chi connectivity index (χ3v) is 5.64. The summed E-state index contributed by atoms with van der Waals surface area (Å²) in [7, 11) is 0. The minimum Gasteiger partial charge on any atom is -0.306 e. The van der Waals surface area contributed by atoms with Crippen molar-refractivity contribution in [1.82, 2.24) is 10.3 Å². The van der Waals surface area contributed by atoms with E-state index in [0.29, 0.717) is 5.92 Å². The maximum absolute atomic E-state index is 4.93. The Hall–Kier alpha value is -0.410. The lowest BCUT2D eigenvalue weighted by Crippen LogP contribution is -2.45. The van der Waals surface area contributed by atoms with Crippen LogP contribution in [0.5, 0.6) is 0 Å². The van der Waals surface area contributed by atoms with Crippen molar-refractivity contribution in [3.8, 4) is 0 Å². The number of aromatic nitrogens is 1. The first-order chi connectivity index (χ1) is 9.11. The Balaban J connectivity index is 2.19. The average Bonchev–Trinajstić information content (AvgIpc) is 2.90. The van der Waals surface area contributed by atoms with E-state index in [0.717, 1.165) is 12.5 Å². The van der Waals surface area contributed by atoms with Crippen LogP contribution in [0, 0.1) is 5.92 Å². The molecular weight excluding hydrogens is 252 g/mol. The van der Waals surface area contributed by atoms with Gasteiger partial charge in [0.15, 0.2) is 0 Å². The van der Waals surface area contributed by atoms with Gasteiger partial charge in [0.1, 0.15) is 5.01 Å². The van der Waals surface area contributed by atoms with Crippen LogP contribution in [-0.4, -0.2) is 11.5 Å². The molecule has 1 aliphatic rings. The third-order valence-electron chi connectivity index (χ3n) is 4.57. The molecule has 1 aromatic rings. The first kappa shape index (κ1) is 15.0. The second-order valence-electron chi connectivity index (χ2n) is 6.20. The van der Waals surface area contributed by atoms with E-state index >= 15 is 0 Å². The van der Waals surface area contributed by atoms with Gasteiger partial charge in [-0.2, -0.15) is 0 Å². The van der Waals surface area contributed by atoms with Gasteiger partial charge >= 0.3 is 0 Å². The molecule has 0 saturated heterocycles. The van der Waals surface area contributed by atoms with E-state index in [-0.39, 0.29) is 5.54 Å². The predicted molar refractivity (Wildman–Crippen MR) is 83.8 cm³/mol. The Morgan fingerprint density at radius 3 is 2.53 bits per heavy atom. The van der Waals surface area contributed by atoms with Crippen molar-refractivity contribution < 1.29 is 0 Å². The fourth-order valence-corrected chi connectivity index (χ4v) is 4.37. The molecular formula is C16H28N2S. The molecule has 0 bridgehead atoms. The first-order valence-corrected chi connectivity index (χ1v) is 8.70. The van der Waals surface area contributed by atoms with Crippen molar-refractivity contribution in [3.05, 3.63) is 16.1 Å². The predicted octanol–water partition coefficient (Wildman–Crippen LogP) is 4.67. The lowest BCUT2D eigenvalue weighted by Gasteiger charge is -2.39. The lowest BCUT2D eigenvalue weighted by atomic mass is 9.76. The second-order valence-corrected chi connectivity index (χ2v) is 7.05. The maximum atomic E-state index is 4.93. The van der Waals surface area contributed by atoms with Gasteiger partial charge in [0.25, 0.3) is 0 Å². The van der Waals surface area contributed by atoms with Crippen LogP contribution in [0.15, 0.2) is 5.38 Å². The molecule has 0 spiro atoms. The van der Waals surface area contributed by atoms with Gasteiger partial charge in [0, 0.05) is 5.38 Å². The molecule has 0 aliphatic heterocycles. The Labute approximate surface area is 122 Å². The summed E-state index contributed by atoms with van der Waals surface area (Å²) in [6, 6.07) is 0. The zero-order valence-corrected chi connectivity index (χ0v) is 13.6. The summed E-state index contributed by atoms with van der Waals surface area (Å²) in [4.78, 5) is 4.93. The maximum Gasteiger partial charge on any atom is 0.113 e. The summed E-state index contributed by atoms with van der Waals surface area (Å²) in [5, 5.41) is 7.34. The molecule has 2 nitrogen and oxygen atoms in total. The first-order valence-electron chi connectivity index (χ1n) is 7.82. The van der Waals surface area contributed by atoms with E-state index in [2.05, 4.69) is 38.4 Å². The molecule has 0 amide bonds. The second kappa shape index (κ2) is 6.36. The molecule has 1 heterocycles. The van der Waals surface area contributed by atoms with Crippen LogP contribution in [0.2, 0.25) is 0 Å². The number of nitrogens with one attached hydrogen (secondary N) is 1. The van der Waals surface area contributed by atoms with Crippen LogP contribution in [0.1, 0.15) is 76.4 Å². The molecule has 1 aliphatic carbocycles. The number of nitrogens with zero attached hydrogens (tertiary/aromatic N) is 1. The number of rotatable bonds is 5. The summed E-state index contributed by atoms with van der Waals surface area (Å²) in [6.07, 6.45) is 6.53. The highest BCUT2D eigenvalue weighted by Gasteiger charge is 2.38. The zero-order valence-electron chi connectivity index (χ0n) is 12.8. The lowest BCUT2D eigenvalue weighted by molar-refractivity contribution is 0.187. The highest BCUT2D eigenvalue weighted by atomic mass is 32.1. The van der Waals surface area contributed by atoms with Gasteiger partial charge in [-0.25, -0.2) is 4.98 Å². The van der Waals surface area contributed by atoms with E-state index in [9.17, 15) is 0 Å². The third kappa shape index (κ3) is 3.19. The fraction of sp³-hybridized carbons (Fsp3) is 0.812. The Morgan fingerprint density at radius 2 is 2.05 bits per heavy atom. The highest BCUT2D eigenvalue weighted by molar-refractivity contribution is 7.09. The van der Waals surface area contributed by atoms with Crippen molar-refractivity contribution in [1.29, 1.82) is 0 Å². The Morgan fingerprint density at radius 1 is 1.37 bits per heavy atom. The van der Waals surface area contributed by atoms with Gasteiger partial charge < -0.3 is 5.32 Å². The topological polar surface area (TPSA) is 24.9 Å². The molecule has 0 radical (unpaired) electrons. The summed E-state index contributed by atoms with van der Waals surface area (Å²) in [5.41, 5.74) is 1.42. The van der Waals surface area contributed by atoms with Crippen LogP contribution in [0.4, 0.5) is 0 Å². The average molecular weight is 280 g/mol. The molecule has 1 fully saturated rings. The monoisotopic (exact) mass is 280 g/mol. The minimum atomic E-state index is 0.165. The highest BCUT2D eigenvalue weighted by Crippen LogP contribution is 2.42. The molecule has 1 aromatic heterocycles. The van der Waals surface area contributed by atoms with Crippen LogP contribution in [0.3, 0.4) is 0 Å². The molecule has 2 rings (SSSR count). The molecule has 1 saturated carbocycles. The normalized spacial score (nSPS) is 27.9. The molecule has 3 heteroatoms. The van der Waals surface area contributed by atoms with Gasteiger partial charge in [0.2, 0.25) is 0 Å². The zero-order chi connectivity index (χ0) is 13.9. The van der Waals surface area contributed by atoms with Crippen LogP contribution in [-0.2, 0) is 5.54 Å². The van der Waals surface area contributed by atoms with Crippen molar-refractivity contribution in [2.24, 2.45) is 5.92 Å². The number of thiazole rings is 1. The minimum absolute atomic E-state index is 0.165. The number of hydrogen-bond acceptors (Lipinski definition) is 3. The standard InChI is InChI=1S/C16H28N2S/c1-5-13-7-9-16(10-8-13,17-6-2)15-18-14(11-19-15)12(3)4/h11-13,17H,5-10H2,1-4H3. The Bertz CT molecular complexity index is 389. The fourth-order valence-electron chi connectivity index (χ4n) is 3.15. The van der Waals surface area contributed by atoms with Gasteiger partial charge in [-0.1, -0.05) is 34.1 Å². The molecule has 0 aromatic carbocycles. The summed E-state index contributed by atoms with van der Waals surface area (Å²) in [5.74, 6) is 1.46. The van der Waals surface area contributed by atoms with E-state index in [4.69, 9.17) is 4.98 Å². The van der Waals surface area contributed by atoms with Crippen LogP contribution < -0.4 is 5.32 Å². The smallest absolute Gasteiger partial charge is 0.113 e. The van der Waals surface area contributed by atoms with Crippen molar-refractivity contribution in [2.75, 3.05) is 6.54 Å². The van der Waals surface area contributed by atoms with Gasteiger partial charge in [-0.05, 0) is 44.1 Å². The SMILES string of the molecule is CCNC1(c2nc(C(C)C)cs2)CCC(CC)CC1. The van der Waals surface area contributed by atoms with Crippen LogP contribution >= 0.6 is 11.3 Å². The van der Waals surface area contributed by atoms with Crippen molar-refractivity contribution in [3.63, 3.8) is 0 Å². The van der Waals surface area contributed by atoms with Gasteiger partial charge in [0.05, 0.1) is 11.2 Å². The largest absolute Gasteiger partial charge is 0.306 e. The quantitative estimate of drug-likeness (QED) is 0.847.